The van der Waals surface area contributed by atoms with Gasteiger partial charge < -0.3 is 36.7 Å². The van der Waals surface area contributed by atoms with E-state index in [9.17, 15) is 15.3 Å². The van der Waals surface area contributed by atoms with Gasteiger partial charge in [-0.25, -0.2) is 4.39 Å². The van der Waals surface area contributed by atoms with E-state index in [0.717, 1.165) is 11.8 Å². The van der Waals surface area contributed by atoms with Crippen LogP contribution in [0.2, 0.25) is 5.02 Å². The lowest BCUT2D eigenvalue weighted by atomic mass is 9.90. The molecule has 1 amide bonds. The molecular weight excluding hydrogens is 595 g/mol. The van der Waals surface area contributed by atoms with Gasteiger partial charge in [-0.3, -0.25) is 15.2 Å². The van der Waals surface area contributed by atoms with Crippen LogP contribution in [-0.4, -0.2) is 69.6 Å². The van der Waals surface area contributed by atoms with E-state index in [1.807, 2.05) is 18.7 Å². The second kappa shape index (κ2) is 12.5. The fourth-order valence-corrected chi connectivity index (χ4v) is 6.66. The summed E-state index contributed by atoms with van der Waals surface area (Å²) < 4.78 is 17.0. The molecule has 12 heteroatoms. The van der Waals surface area contributed by atoms with Gasteiger partial charge in [0.2, 0.25) is 5.91 Å². The quantitative estimate of drug-likeness (QED) is 0.115. The molecular formula is C33H38ClFN8O2. The van der Waals surface area contributed by atoms with Crippen molar-refractivity contribution in [3.8, 4) is 11.1 Å². The van der Waals surface area contributed by atoms with E-state index >= 15 is 4.39 Å². The normalized spacial score (nSPS) is 18.6. The van der Waals surface area contributed by atoms with Crippen LogP contribution in [0.3, 0.4) is 0 Å². The summed E-state index contributed by atoms with van der Waals surface area (Å²) in [4.78, 5) is 20.7. The van der Waals surface area contributed by atoms with E-state index in [2.05, 4.69) is 22.2 Å². The highest BCUT2D eigenvalue weighted by Crippen LogP contribution is 2.48. The van der Waals surface area contributed by atoms with E-state index in [4.69, 9.17) is 22.7 Å². The van der Waals surface area contributed by atoms with E-state index in [-0.39, 0.29) is 51.4 Å². The van der Waals surface area contributed by atoms with Crippen LogP contribution in [-0.2, 0) is 4.79 Å². The highest BCUT2D eigenvalue weighted by atomic mass is 35.5. The lowest BCUT2D eigenvalue weighted by Gasteiger charge is -2.47. The number of benzene rings is 2. The molecule has 1 saturated heterocycles. The molecule has 0 saturated carbocycles. The van der Waals surface area contributed by atoms with Gasteiger partial charge in [0.25, 0.3) is 0 Å². The summed E-state index contributed by atoms with van der Waals surface area (Å²) in [6, 6.07) is 4.74. The molecule has 0 aliphatic carbocycles. The average Bonchev–Trinajstić information content (AvgIpc) is 3.00. The minimum Gasteiger partial charge on any atom is -0.398 e. The maximum atomic E-state index is 17.0. The molecule has 3 aromatic rings. The number of fused-ring (bicyclic) bond motifs is 2. The van der Waals surface area contributed by atoms with E-state index in [1.165, 1.54) is 6.08 Å². The monoisotopic (exact) mass is 632 g/mol. The first kappa shape index (κ1) is 31.9. The van der Waals surface area contributed by atoms with Crippen LogP contribution in [0.5, 0.6) is 0 Å². The molecule has 2 aliphatic rings. The van der Waals surface area contributed by atoms with Gasteiger partial charge in [0.05, 0.1) is 39.4 Å². The highest BCUT2D eigenvalue weighted by molar-refractivity contribution is 6.38. The minimum atomic E-state index is -0.938. The first-order valence-electron chi connectivity index (χ1n) is 14.8. The van der Waals surface area contributed by atoms with Crippen molar-refractivity contribution in [2.24, 2.45) is 0 Å². The molecule has 45 heavy (non-hydrogen) atoms. The Balaban J connectivity index is 1.80. The van der Waals surface area contributed by atoms with Crippen molar-refractivity contribution < 1.29 is 14.3 Å². The topological polar surface area (TPSA) is 154 Å². The number of carbonyl (C=O) groups excluding carboxylic acids is 1. The Morgan fingerprint density at radius 2 is 1.98 bits per heavy atom. The third kappa shape index (κ3) is 5.51. The first-order valence-corrected chi connectivity index (χ1v) is 15.2. The van der Waals surface area contributed by atoms with Crippen molar-refractivity contribution in [2.75, 3.05) is 36.0 Å². The molecule has 7 N–H and O–H groups in total. The number of hydrogen-bond acceptors (Lipinski definition) is 8. The summed E-state index contributed by atoms with van der Waals surface area (Å²) >= 11 is 7.21. The Bertz CT molecular complexity index is 1730. The van der Waals surface area contributed by atoms with E-state index in [1.54, 1.807) is 43.1 Å². The second-order valence-corrected chi connectivity index (χ2v) is 12.0. The van der Waals surface area contributed by atoms with Gasteiger partial charge in [0.15, 0.2) is 5.82 Å². The number of hydrogen-bond donors (Lipinski definition) is 6. The van der Waals surface area contributed by atoms with E-state index in [0.29, 0.717) is 59.8 Å². The summed E-state index contributed by atoms with van der Waals surface area (Å²) in [5.74, 6) is -0.818. The zero-order valence-electron chi connectivity index (χ0n) is 25.8. The molecule has 3 unspecified atom stereocenters. The number of carbonyl (C=O) groups is 1. The number of piperazine rings is 1. The van der Waals surface area contributed by atoms with Crippen LogP contribution in [0.25, 0.3) is 11.1 Å². The number of halogens is 2. The summed E-state index contributed by atoms with van der Waals surface area (Å²) in [5, 5.41) is 34.8. The van der Waals surface area contributed by atoms with Crippen molar-refractivity contribution in [1.29, 1.82) is 10.8 Å². The molecule has 0 radical (unpaired) electrons. The average molecular weight is 633 g/mol. The number of rotatable bonds is 6. The number of nitrogens with two attached hydrogens (primary N) is 1. The van der Waals surface area contributed by atoms with Crippen molar-refractivity contribution in [3.63, 3.8) is 0 Å². The van der Waals surface area contributed by atoms with Gasteiger partial charge in [0, 0.05) is 60.9 Å². The Morgan fingerprint density at radius 3 is 2.64 bits per heavy atom. The maximum absolute atomic E-state index is 17.0. The van der Waals surface area contributed by atoms with Crippen LogP contribution in [0.15, 0.2) is 37.1 Å². The van der Waals surface area contributed by atoms with Crippen LogP contribution in [0.1, 0.15) is 54.3 Å². The number of nitrogen functional groups attached to an aromatic ring is 1. The van der Waals surface area contributed by atoms with Gasteiger partial charge >= 0.3 is 0 Å². The molecule has 3 heterocycles. The van der Waals surface area contributed by atoms with Gasteiger partial charge in [-0.15, -0.1) is 0 Å². The van der Waals surface area contributed by atoms with Crippen molar-refractivity contribution in [3.05, 3.63) is 75.8 Å². The Morgan fingerprint density at radius 1 is 1.24 bits per heavy atom. The third-order valence-electron chi connectivity index (χ3n) is 8.70. The number of amides is 1. The fraction of sp³-hybridized carbons (Fsp3) is 0.333. The summed E-state index contributed by atoms with van der Waals surface area (Å²) in [7, 11) is 0. The first-order chi connectivity index (χ1) is 21.4. The summed E-state index contributed by atoms with van der Waals surface area (Å²) in [6.45, 7) is 11.9. The lowest BCUT2D eigenvalue weighted by molar-refractivity contribution is -0.131. The second-order valence-electron chi connectivity index (χ2n) is 11.6. The molecule has 1 aromatic heterocycles. The third-order valence-corrected chi connectivity index (χ3v) is 9.07. The number of aromatic nitrogens is 1. The molecule has 5 rings (SSSR count). The molecule has 2 aromatic carbocycles. The Labute approximate surface area is 267 Å². The maximum Gasteiger partial charge on any atom is 0.246 e. The van der Waals surface area contributed by atoms with Crippen molar-refractivity contribution >= 4 is 52.3 Å². The molecule has 0 bridgehead atoms. The lowest BCUT2D eigenvalue weighted by Crippen LogP contribution is -2.61. The number of pyridine rings is 1. The summed E-state index contributed by atoms with van der Waals surface area (Å²) in [6.07, 6.45) is 3.57. The SMILES string of the molecule is C=CC(=O)N1CC2CCNc3c(F)c(-c4c(C)ccc(N)c4C=N)c(Cl)c(Nc4c(C)ccnc4C(C)O)c3C(=N)N2CC1C. The Hall–Kier alpha value is -4.48. The van der Waals surface area contributed by atoms with Gasteiger partial charge in [-0.05, 0) is 69.0 Å². The molecule has 1 fully saturated rings. The van der Waals surface area contributed by atoms with Crippen LogP contribution in [0, 0.1) is 30.5 Å². The number of amidine groups is 1. The molecule has 0 spiro atoms. The standard InChI is InChI=1S/C33H38ClFN8O2/c1-6-23(45)42-15-20-10-12-40-32-26(33(38)43(20)14-18(42)4)31(41-29-17(3)9-11-39-30(29)19(5)44)27(34)25(28(32)35)24-16(2)7-8-22(37)21(24)13-36/h6-9,11,13,18-20,36,38,40-41,44H,1,10,12,14-15,37H2,2-5H3. The molecule has 236 valence electrons. The fourth-order valence-electron chi connectivity index (χ4n) is 6.34. The predicted octanol–water partition coefficient (Wildman–Crippen LogP) is 5.76. The predicted molar refractivity (Wildman–Crippen MR) is 179 cm³/mol. The molecule has 2 aliphatic heterocycles. The zero-order chi connectivity index (χ0) is 32.7. The summed E-state index contributed by atoms with van der Waals surface area (Å²) in [5.41, 5.74) is 10.1. The Kier molecular flexibility index (Phi) is 8.86. The van der Waals surface area contributed by atoms with Gasteiger partial charge in [-0.1, -0.05) is 24.2 Å². The number of aliphatic hydroxyl groups is 1. The van der Waals surface area contributed by atoms with E-state index < -0.39 is 11.9 Å². The number of anilines is 4. The number of nitrogens with zero attached hydrogens (tertiary/aromatic N) is 3. The number of aryl methyl sites for hydroxylation is 2. The number of aliphatic hydroxyl groups excluding tert-OH is 1. The molecule has 3 atom stereocenters. The minimum absolute atomic E-state index is 0.0139. The van der Waals surface area contributed by atoms with Gasteiger partial charge in [-0.2, -0.15) is 0 Å². The highest BCUT2D eigenvalue weighted by Gasteiger charge is 2.39. The smallest absolute Gasteiger partial charge is 0.246 e. The van der Waals surface area contributed by atoms with Crippen LogP contribution in [0.4, 0.5) is 27.1 Å². The van der Waals surface area contributed by atoms with Crippen molar-refractivity contribution in [1.82, 2.24) is 14.8 Å². The largest absolute Gasteiger partial charge is 0.398 e. The van der Waals surface area contributed by atoms with Gasteiger partial charge in [0.1, 0.15) is 5.84 Å². The number of nitrogens with one attached hydrogen (secondary N) is 4. The molecule has 10 nitrogen and oxygen atoms in total. The van der Waals surface area contributed by atoms with Crippen LogP contribution >= 0.6 is 11.6 Å². The van der Waals surface area contributed by atoms with Crippen molar-refractivity contribution in [2.45, 2.75) is 52.3 Å². The zero-order valence-corrected chi connectivity index (χ0v) is 26.5. The van der Waals surface area contributed by atoms with Crippen LogP contribution < -0.4 is 16.4 Å².